The fourth-order valence-electron chi connectivity index (χ4n) is 3.38. The minimum Gasteiger partial charge on any atom is -0.485 e. The summed E-state index contributed by atoms with van der Waals surface area (Å²) in [5, 5.41) is 11.0. The molecule has 0 saturated heterocycles. The predicted molar refractivity (Wildman–Crippen MR) is 120 cm³/mol. The number of nitrogens with zero attached hydrogens (tertiary/aromatic N) is 2. The maximum Gasteiger partial charge on any atom is 0.269 e. The molecule has 8 nitrogen and oxygen atoms in total. The summed E-state index contributed by atoms with van der Waals surface area (Å²) in [5.41, 5.74) is 2.57. The second-order valence-corrected chi connectivity index (χ2v) is 7.48. The van der Waals surface area contributed by atoms with Crippen molar-refractivity contribution in [1.29, 1.82) is 0 Å². The van der Waals surface area contributed by atoms with Gasteiger partial charge in [0.2, 0.25) is 12.0 Å². The van der Waals surface area contributed by atoms with Gasteiger partial charge in [0.25, 0.3) is 11.8 Å². The van der Waals surface area contributed by atoms with Crippen LogP contribution in [0.5, 0.6) is 17.2 Å². The minimum atomic E-state index is -0.726. The second kappa shape index (κ2) is 9.04. The van der Waals surface area contributed by atoms with E-state index in [1.807, 2.05) is 43.3 Å². The van der Waals surface area contributed by atoms with Gasteiger partial charge in [-0.05, 0) is 55.0 Å². The van der Waals surface area contributed by atoms with E-state index >= 15 is 0 Å². The molecule has 1 aliphatic rings. The number of aromatic nitrogens is 2. The minimum absolute atomic E-state index is 0.136. The number of para-hydroxylation sites is 2. The number of ether oxygens (including phenoxy) is 3. The lowest BCUT2D eigenvalue weighted by atomic mass is 10.1. The molecule has 0 saturated carbocycles. The van der Waals surface area contributed by atoms with Crippen molar-refractivity contribution in [1.82, 2.24) is 10.2 Å². The van der Waals surface area contributed by atoms with Gasteiger partial charge >= 0.3 is 0 Å². The summed E-state index contributed by atoms with van der Waals surface area (Å²) >= 11 is 0. The topological polar surface area (TPSA) is 95.7 Å². The molecule has 0 fully saturated rings. The van der Waals surface area contributed by atoms with Gasteiger partial charge in [-0.25, -0.2) is 0 Å². The lowest BCUT2D eigenvalue weighted by molar-refractivity contribution is -0.125. The Kier molecular flexibility index (Phi) is 5.63. The Morgan fingerprint density at radius 2 is 1.76 bits per heavy atom. The van der Waals surface area contributed by atoms with Gasteiger partial charge in [0, 0.05) is 11.3 Å². The first-order chi connectivity index (χ1) is 16.2. The van der Waals surface area contributed by atoms with Crippen LogP contribution in [0.25, 0.3) is 11.5 Å². The molecule has 1 amide bonds. The van der Waals surface area contributed by atoms with Gasteiger partial charge in [-0.1, -0.05) is 30.3 Å². The molecule has 1 N–H and O–H groups in total. The van der Waals surface area contributed by atoms with Crippen LogP contribution in [0.3, 0.4) is 0 Å². The molecule has 3 aromatic carbocycles. The lowest BCUT2D eigenvalue weighted by Crippen LogP contribution is -2.40. The largest absolute Gasteiger partial charge is 0.485 e. The molecular formula is C25H21N3O5. The van der Waals surface area contributed by atoms with E-state index in [2.05, 4.69) is 15.5 Å². The number of carbonyl (C=O) groups is 1. The Balaban J connectivity index is 1.15. The Morgan fingerprint density at radius 3 is 2.58 bits per heavy atom. The highest BCUT2D eigenvalue weighted by Crippen LogP contribution is 2.31. The number of benzene rings is 3. The Morgan fingerprint density at radius 1 is 1.00 bits per heavy atom. The number of nitrogens with one attached hydrogen (secondary N) is 1. The third-order valence-corrected chi connectivity index (χ3v) is 5.13. The van der Waals surface area contributed by atoms with Crippen molar-refractivity contribution >= 4 is 11.6 Å². The van der Waals surface area contributed by atoms with E-state index < -0.39 is 6.10 Å². The summed E-state index contributed by atoms with van der Waals surface area (Å²) in [6.07, 6.45) is -0.726. The van der Waals surface area contributed by atoms with Crippen LogP contribution in [0.2, 0.25) is 0 Å². The molecule has 33 heavy (non-hydrogen) atoms. The third kappa shape index (κ3) is 4.64. The van der Waals surface area contributed by atoms with Gasteiger partial charge in [0.15, 0.2) is 18.1 Å². The predicted octanol–water partition coefficient (Wildman–Crippen LogP) is 4.40. The zero-order valence-electron chi connectivity index (χ0n) is 17.9. The summed E-state index contributed by atoms with van der Waals surface area (Å²) in [6.45, 7) is 2.28. The van der Waals surface area contributed by atoms with Crippen molar-refractivity contribution in [3.8, 4) is 28.7 Å². The monoisotopic (exact) mass is 443 g/mol. The third-order valence-electron chi connectivity index (χ3n) is 5.13. The highest BCUT2D eigenvalue weighted by Gasteiger charge is 2.27. The summed E-state index contributed by atoms with van der Waals surface area (Å²) in [6, 6.07) is 22.1. The molecule has 1 aliphatic heterocycles. The molecule has 0 radical (unpaired) electrons. The molecule has 0 spiro atoms. The van der Waals surface area contributed by atoms with Crippen molar-refractivity contribution in [3.63, 3.8) is 0 Å². The number of hydrogen-bond donors (Lipinski definition) is 1. The highest BCUT2D eigenvalue weighted by atomic mass is 16.6. The fraction of sp³-hybridized carbons (Fsp3) is 0.160. The van der Waals surface area contributed by atoms with E-state index in [0.717, 1.165) is 11.1 Å². The Labute approximate surface area is 190 Å². The van der Waals surface area contributed by atoms with Crippen LogP contribution < -0.4 is 19.5 Å². The van der Waals surface area contributed by atoms with Crippen molar-refractivity contribution in [3.05, 3.63) is 84.3 Å². The Hall–Kier alpha value is -4.33. The molecule has 0 aliphatic carbocycles. The summed E-state index contributed by atoms with van der Waals surface area (Å²) in [5.74, 6) is 2.35. The molecule has 2 heterocycles. The van der Waals surface area contributed by atoms with Crippen molar-refractivity contribution < 1.29 is 23.4 Å². The molecule has 166 valence electrons. The molecule has 0 bridgehead atoms. The van der Waals surface area contributed by atoms with Crippen molar-refractivity contribution in [2.24, 2.45) is 0 Å². The zero-order valence-corrected chi connectivity index (χ0v) is 17.9. The number of fused-ring (bicyclic) bond motifs is 1. The fourth-order valence-corrected chi connectivity index (χ4v) is 3.38. The normalized spacial score (nSPS) is 14.5. The van der Waals surface area contributed by atoms with Crippen LogP contribution >= 0.6 is 0 Å². The van der Waals surface area contributed by atoms with Gasteiger partial charge in [-0.15, -0.1) is 10.2 Å². The van der Waals surface area contributed by atoms with Gasteiger partial charge < -0.3 is 23.9 Å². The van der Waals surface area contributed by atoms with Gasteiger partial charge in [-0.3, -0.25) is 4.79 Å². The first-order valence-electron chi connectivity index (χ1n) is 10.5. The lowest BCUT2D eigenvalue weighted by Gasteiger charge is -2.25. The van der Waals surface area contributed by atoms with Gasteiger partial charge in [0.1, 0.15) is 12.4 Å². The SMILES string of the molecule is Cc1ccccc1-c1nnc(COc2ccc(NC(=O)[C@@H]3COc4ccccc4O3)cc2)o1. The van der Waals surface area contributed by atoms with Gasteiger partial charge in [-0.2, -0.15) is 0 Å². The standard InChI is InChI=1S/C25H21N3O5/c1-16-6-2-3-7-19(16)25-28-27-23(33-25)15-30-18-12-10-17(11-13-18)26-24(29)22-14-31-20-8-4-5-9-21(20)32-22/h2-13,22H,14-15H2,1H3,(H,26,29)/t22-/m0/s1. The van der Waals surface area contributed by atoms with Crippen LogP contribution in [-0.2, 0) is 11.4 Å². The summed E-state index contributed by atoms with van der Waals surface area (Å²) < 4.78 is 22.8. The van der Waals surface area contributed by atoms with Gasteiger partial charge in [0.05, 0.1) is 0 Å². The van der Waals surface area contributed by atoms with Crippen molar-refractivity contribution in [2.75, 3.05) is 11.9 Å². The number of carbonyl (C=O) groups excluding carboxylic acids is 1. The number of amides is 1. The number of anilines is 1. The Bertz CT molecular complexity index is 1270. The quantitative estimate of drug-likeness (QED) is 0.472. The highest BCUT2D eigenvalue weighted by molar-refractivity contribution is 5.94. The van der Waals surface area contributed by atoms with Crippen molar-refractivity contribution in [2.45, 2.75) is 19.6 Å². The van der Waals surface area contributed by atoms with E-state index in [0.29, 0.717) is 34.7 Å². The smallest absolute Gasteiger partial charge is 0.269 e. The van der Waals surface area contributed by atoms with Crippen LogP contribution in [0.15, 0.2) is 77.2 Å². The maximum atomic E-state index is 12.5. The van der Waals surface area contributed by atoms with Crippen LogP contribution in [0.4, 0.5) is 5.69 Å². The number of rotatable bonds is 6. The summed E-state index contributed by atoms with van der Waals surface area (Å²) in [7, 11) is 0. The molecular weight excluding hydrogens is 422 g/mol. The molecule has 8 heteroatoms. The van der Waals surface area contributed by atoms with E-state index in [1.165, 1.54) is 0 Å². The summed E-state index contributed by atoms with van der Waals surface area (Å²) in [4.78, 5) is 12.5. The van der Waals surface area contributed by atoms with Crippen LogP contribution in [0, 0.1) is 6.92 Å². The zero-order chi connectivity index (χ0) is 22.6. The van der Waals surface area contributed by atoms with E-state index in [-0.39, 0.29) is 19.1 Å². The molecule has 0 unspecified atom stereocenters. The molecule has 1 atom stereocenters. The molecule has 5 rings (SSSR count). The van der Waals surface area contributed by atoms with E-state index in [4.69, 9.17) is 18.6 Å². The van der Waals surface area contributed by atoms with E-state index in [9.17, 15) is 4.79 Å². The number of hydrogen-bond acceptors (Lipinski definition) is 7. The van der Waals surface area contributed by atoms with Crippen LogP contribution in [0.1, 0.15) is 11.5 Å². The average Bonchev–Trinajstić information content (AvgIpc) is 3.32. The average molecular weight is 443 g/mol. The van der Waals surface area contributed by atoms with Crippen LogP contribution in [-0.4, -0.2) is 28.8 Å². The number of aryl methyl sites for hydroxylation is 1. The first-order valence-corrected chi connectivity index (χ1v) is 10.5. The second-order valence-electron chi connectivity index (χ2n) is 7.48. The van der Waals surface area contributed by atoms with E-state index in [1.54, 1.807) is 36.4 Å². The maximum absolute atomic E-state index is 12.5. The molecule has 1 aromatic heterocycles. The molecule has 4 aromatic rings. The first kappa shape index (κ1) is 20.6.